The van der Waals surface area contributed by atoms with Gasteiger partial charge in [-0.2, -0.15) is 0 Å². The molecule has 2 aromatic carbocycles. The van der Waals surface area contributed by atoms with Crippen molar-refractivity contribution >= 4 is 41.1 Å². The van der Waals surface area contributed by atoms with Crippen molar-refractivity contribution in [3.05, 3.63) is 87.4 Å². The third-order valence-corrected chi connectivity index (χ3v) is 7.74. The topological polar surface area (TPSA) is 20.3 Å². The highest BCUT2D eigenvalue weighted by Crippen LogP contribution is 2.56. The SMILES string of the molecule is CC(/C=C/[C@]1(F)CC1c1ccc(Cl)c(Cl)c1)=C\C(=O)N(CC(C)C)Sc1ccc(C(C)(C)C)cc1. The molecule has 0 aliphatic heterocycles. The Balaban J connectivity index is 1.68. The smallest absolute Gasteiger partial charge is 0.256 e. The van der Waals surface area contributed by atoms with Crippen LogP contribution in [0.15, 0.2) is 71.2 Å². The van der Waals surface area contributed by atoms with Gasteiger partial charge < -0.3 is 0 Å². The zero-order valence-corrected chi connectivity index (χ0v) is 23.6. The lowest BCUT2D eigenvalue weighted by molar-refractivity contribution is -0.121. The molecule has 2 nitrogen and oxygen atoms in total. The molecule has 3 rings (SSSR count). The van der Waals surface area contributed by atoms with Crippen molar-refractivity contribution in [2.75, 3.05) is 6.54 Å². The van der Waals surface area contributed by atoms with Crippen molar-refractivity contribution in [1.82, 2.24) is 4.31 Å². The largest absolute Gasteiger partial charge is 0.278 e. The Kier molecular flexibility index (Phi) is 8.83. The first-order valence-electron chi connectivity index (χ1n) is 11.9. The Morgan fingerprint density at radius 3 is 2.40 bits per heavy atom. The van der Waals surface area contributed by atoms with Crippen LogP contribution in [-0.2, 0) is 10.2 Å². The quantitative estimate of drug-likeness (QED) is 0.191. The van der Waals surface area contributed by atoms with Crippen molar-refractivity contribution in [2.24, 2.45) is 5.92 Å². The van der Waals surface area contributed by atoms with Crippen LogP contribution in [-0.4, -0.2) is 22.4 Å². The minimum Gasteiger partial charge on any atom is -0.278 e. The highest BCUT2D eigenvalue weighted by molar-refractivity contribution is 7.97. The fourth-order valence-corrected chi connectivity index (χ4v) is 5.13. The standard InChI is InChI=1S/C29H34Cl2FNOS/c1-19(2)18-33(35-23-10-8-22(9-11-23)28(4,5)6)27(34)15-20(3)13-14-29(32)17-24(29)21-7-12-25(30)26(31)16-21/h7-16,19,24H,17-18H2,1-6H3/b14-13+,20-15+/t24?,29-/m0/s1. The number of hydrogen-bond acceptors (Lipinski definition) is 2. The Hall–Kier alpha value is -1.75. The second-order valence-corrected chi connectivity index (χ2v) is 12.6. The third-order valence-electron chi connectivity index (χ3n) is 5.97. The van der Waals surface area contributed by atoms with E-state index in [1.165, 1.54) is 17.5 Å². The number of halogens is 3. The summed E-state index contributed by atoms with van der Waals surface area (Å²) in [5.41, 5.74) is 1.45. The summed E-state index contributed by atoms with van der Waals surface area (Å²) in [6.45, 7) is 13.2. The molecule has 0 saturated heterocycles. The van der Waals surface area contributed by atoms with E-state index in [9.17, 15) is 4.79 Å². The lowest BCUT2D eigenvalue weighted by Crippen LogP contribution is -2.26. The van der Waals surface area contributed by atoms with Gasteiger partial charge in [0.25, 0.3) is 5.91 Å². The van der Waals surface area contributed by atoms with E-state index in [2.05, 4.69) is 58.9 Å². The molecule has 35 heavy (non-hydrogen) atoms. The number of allylic oxidation sites excluding steroid dienone is 3. The predicted octanol–water partition coefficient (Wildman–Crippen LogP) is 9.18. The first-order valence-corrected chi connectivity index (χ1v) is 13.4. The van der Waals surface area contributed by atoms with Gasteiger partial charge in [0.2, 0.25) is 0 Å². The molecular formula is C29H34Cl2FNOS. The van der Waals surface area contributed by atoms with E-state index < -0.39 is 5.67 Å². The second kappa shape index (κ2) is 11.1. The molecule has 0 heterocycles. The summed E-state index contributed by atoms with van der Waals surface area (Å²) in [6.07, 6.45) is 5.23. The fraction of sp³-hybridized carbons (Fsp3) is 0.414. The fourth-order valence-electron chi connectivity index (χ4n) is 3.79. The van der Waals surface area contributed by atoms with Crippen LogP contribution in [0.25, 0.3) is 0 Å². The van der Waals surface area contributed by atoms with Crippen LogP contribution in [0.4, 0.5) is 4.39 Å². The van der Waals surface area contributed by atoms with Crippen molar-refractivity contribution in [1.29, 1.82) is 0 Å². The number of nitrogens with zero attached hydrogens (tertiary/aromatic N) is 1. The molecule has 0 bridgehead atoms. The Morgan fingerprint density at radius 2 is 1.83 bits per heavy atom. The lowest BCUT2D eigenvalue weighted by atomic mass is 9.87. The van der Waals surface area contributed by atoms with Gasteiger partial charge in [-0.3, -0.25) is 9.10 Å². The number of amides is 1. The summed E-state index contributed by atoms with van der Waals surface area (Å²) in [6, 6.07) is 13.6. The maximum absolute atomic E-state index is 15.2. The minimum atomic E-state index is -1.43. The van der Waals surface area contributed by atoms with Gasteiger partial charge in [0, 0.05) is 23.4 Å². The van der Waals surface area contributed by atoms with Gasteiger partial charge in [-0.05, 0) is 83.7 Å². The van der Waals surface area contributed by atoms with Gasteiger partial charge in [0.15, 0.2) is 0 Å². The van der Waals surface area contributed by atoms with E-state index >= 15 is 4.39 Å². The Labute approximate surface area is 223 Å². The van der Waals surface area contributed by atoms with Crippen molar-refractivity contribution in [3.8, 4) is 0 Å². The third kappa shape index (κ3) is 7.62. The first-order chi connectivity index (χ1) is 16.3. The van der Waals surface area contributed by atoms with Crippen LogP contribution in [0.3, 0.4) is 0 Å². The van der Waals surface area contributed by atoms with E-state index in [0.29, 0.717) is 34.5 Å². The summed E-state index contributed by atoms with van der Waals surface area (Å²) in [4.78, 5) is 14.1. The van der Waals surface area contributed by atoms with Crippen LogP contribution in [0.5, 0.6) is 0 Å². The summed E-state index contributed by atoms with van der Waals surface area (Å²) in [5.74, 6) is -0.0337. The molecule has 2 aromatic rings. The van der Waals surface area contributed by atoms with Crippen LogP contribution < -0.4 is 0 Å². The minimum absolute atomic E-state index is 0.0803. The number of rotatable bonds is 8. The zero-order chi connectivity index (χ0) is 26.0. The molecular weight excluding hydrogens is 500 g/mol. The van der Waals surface area contributed by atoms with E-state index in [4.69, 9.17) is 23.2 Å². The van der Waals surface area contributed by atoms with E-state index in [1.807, 2.05) is 13.0 Å². The van der Waals surface area contributed by atoms with Gasteiger partial charge in [0.1, 0.15) is 5.67 Å². The molecule has 0 spiro atoms. The monoisotopic (exact) mass is 533 g/mol. The van der Waals surface area contributed by atoms with Crippen molar-refractivity contribution < 1.29 is 9.18 Å². The van der Waals surface area contributed by atoms with Crippen LogP contribution >= 0.6 is 35.1 Å². The summed E-state index contributed by atoms with van der Waals surface area (Å²) < 4.78 is 17.0. The second-order valence-electron chi connectivity index (χ2n) is 10.7. The summed E-state index contributed by atoms with van der Waals surface area (Å²) >= 11 is 13.5. The van der Waals surface area contributed by atoms with Gasteiger partial charge in [-0.15, -0.1) is 0 Å². The van der Waals surface area contributed by atoms with E-state index in [1.54, 1.807) is 34.7 Å². The molecule has 1 saturated carbocycles. The average Bonchev–Trinajstić information content (AvgIpc) is 3.45. The van der Waals surface area contributed by atoms with Gasteiger partial charge in [-0.1, -0.05) is 82.1 Å². The molecule has 188 valence electrons. The summed E-state index contributed by atoms with van der Waals surface area (Å²) in [5, 5.41) is 0.891. The number of carbonyl (C=O) groups is 1. The maximum atomic E-state index is 15.2. The van der Waals surface area contributed by atoms with Crippen molar-refractivity contribution in [2.45, 2.75) is 69.9 Å². The Morgan fingerprint density at radius 1 is 1.17 bits per heavy atom. The van der Waals surface area contributed by atoms with Gasteiger partial charge in [0.05, 0.1) is 10.0 Å². The number of carbonyl (C=O) groups excluding carboxylic acids is 1. The predicted molar refractivity (Wildman–Crippen MR) is 148 cm³/mol. The van der Waals surface area contributed by atoms with Crippen LogP contribution in [0.2, 0.25) is 10.0 Å². The molecule has 1 aliphatic rings. The average molecular weight is 535 g/mol. The molecule has 0 N–H and O–H groups in total. The highest BCUT2D eigenvalue weighted by Gasteiger charge is 2.54. The van der Waals surface area contributed by atoms with Crippen molar-refractivity contribution in [3.63, 3.8) is 0 Å². The molecule has 1 unspecified atom stereocenters. The van der Waals surface area contributed by atoms with Crippen LogP contribution in [0.1, 0.15) is 65.0 Å². The van der Waals surface area contributed by atoms with Crippen LogP contribution in [0, 0.1) is 5.92 Å². The molecule has 6 heteroatoms. The molecule has 1 fully saturated rings. The highest BCUT2D eigenvalue weighted by atomic mass is 35.5. The molecule has 2 atom stereocenters. The number of benzene rings is 2. The maximum Gasteiger partial charge on any atom is 0.256 e. The number of alkyl halides is 1. The first kappa shape index (κ1) is 27.8. The van der Waals surface area contributed by atoms with E-state index in [-0.39, 0.29) is 17.2 Å². The molecule has 0 radical (unpaired) electrons. The normalized spacial score (nSPS) is 20.5. The number of hydrogen-bond donors (Lipinski definition) is 0. The Bertz CT molecular complexity index is 1120. The molecule has 0 aromatic heterocycles. The molecule has 1 amide bonds. The molecule has 1 aliphatic carbocycles. The van der Waals surface area contributed by atoms with E-state index in [0.717, 1.165) is 10.5 Å². The lowest BCUT2D eigenvalue weighted by Gasteiger charge is -2.23. The van der Waals surface area contributed by atoms with Gasteiger partial charge in [-0.25, -0.2) is 4.39 Å². The summed E-state index contributed by atoms with van der Waals surface area (Å²) in [7, 11) is 0. The zero-order valence-electron chi connectivity index (χ0n) is 21.2. The van der Waals surface area contributed by atoms with Gasteiger partial charge >= 0.3 is 0 Å².